The van der Waals surface area contributed by atoms with Crippen LogP contribution in [-0.4, -0.2) is 34.4 Å². The number of rotatable bonds is 7. The number of hydrogen-bond acceptors (Lipinski definition) is 5. The first-order chi connectivity index (χ1) is 12.7. The summed E-state index contributed by atoms with van der Waals surface area (Å²) in [5.74, 6) is -1.16. The molecular formula is C17H13ClF3NO5. The van der Waals surface area contributed by atoms with Gasteiger partial charge in [-0.3, -0.25) is 0 Å². The van der Waals surface area contributed by atoms with E-state index in [1.165, 1.54) is 24.3 Å². The van der Waals surface area contributed by atoms with Gasteiger partial charge in [-0.05, 0) is 24.3 Å². The predicted octanol–water partition coefficient (Wildman–Crippen LogP) is 4.02. The summed E-state index contributed by atoms with van der Waals surface area (Å²) >= 11 is 5.82. The molecule has 1 aromatic heterocycles. The second kappa shape index (κ2) is 8.74. The number of aromatic nitrogens is 1. The van der Waals surface area contributed by atoms with Crippen LogP contribution >= 0.6 is 11.6 Å². The van der Waals surface area contributed by atoms with Gasteiger partial charge < -0.3 is 19.7 Å². The maximum Gasteiger partial charge on any atom is 0.417 e. The number of pyridine rings is 1. The molecule has 0 spiro atoms. The molecule has 2 N–H and O–H groups in total. The highest BCUT2D eigenvalue weighted by Gasteiger charge is 2.31. The normalized spacial score (nSPS) is 11.6. The van der Waals surface area contributed by atoms with E-state index in [4.69, 9.17) is 31.3 Å². The smallest absolute Gasteiger partial charge is 0.417 e. The van der Waals surface area contributed by atoms with Gasteiger partial charge in [-0.25, -0.2) is 9.78 Å². The van der Waals surface area contributed by atoms with Crippen molar-refractivity contribution in [2.75, 3.05) is 13.2 Å². The fraction of sp³-hybridized carbons (Fsp3) is 0.176. The van der Waals surface area contributed by atoms with Crippen LogP contribution in [0.15, 0.2) is 36.5 Å². The van der Waals surface area contributed by atoms with Crippen molar-refractivity contribution in [2.45, 2.75) is 6.18 Å². The van der Waals surface area contributed by atoms with E-state index in [1.807, 2.05) is 0 Å². The lowest BCUT2D eigenvalue weighted by molar-refractivity contribution is -0.138. The average molecular weight is 404 g/mol. The number of nitrogens with zero attached hydrogens (tertiary/aromatic N) is 1. The van der Waals surface area contributed by atoms with Crippen molar-refractivity contribution in [3.05, 3.63) is 52.7 Å². The maximum atomic E-state index is 12.7. The number of alkyl halides is 3. The van der Waals surface area contributed by atoms with E-state index >= 15 is 0 Å². The largest absolute Gasteiger partial charge is 0.491 e. The molecule has 0 unspecified atom stereocenters. The molecule has 0 saturated heterocycles. The minimum atomic E-state index is -4.61. The van der Waals surface area contributed by atoms with Crippen LogP contribution in [0.25, 0.3) is 6.08 Å². The minimum Gasteiger partial charge on any atom is -0.491 e. The summed E-state index contributed by atoms with van der Waals surface area (Å²) < 4.78 is 48.8. The Bertz CT molecular complexity index is 855. The Morgan fingerprint density at radius 2 is 2.04 bits per heavy atom. The van der Waals surface area contributed by atoms with Crippen molar-refractivity contribution in [3.8, 4) is 17.4 Å². The van der Waals surface area contributed by atoms with Gasteiger partial charge in [0.15, 0.2) is 0 Å². The second-order valence-electron chi connectivity index (χ2n) is 5.05. The van der Waals surface area contributed by atoms with Gasteiger partial charge in [0, 0.05) is 23.9 Å². The van der Waals surface area contributed by atoms with Gasteiger partial charge in [0.1, 0.15) is 23.1 Å². The Balaban J connectivity index is 2.38. The molecular weight excluding hydrogens is 391 g/mol. The molecule has 0 fully saturated rings. The third-order valence-corrected chi connectivity index (χ3v) is 3.36. The first kappa shape index (κ1) is 20.5. The zero-order valence-corrected chi connectivity index (χ0v) is 14.3. The molecule has 2 rings (SSSR count). The van der Waals surface area contributed by atoms with E-state index in [-0.39, 0.29) is 35.6 Å². The zero-order chi connectivity index (χ0) is 20.0. The Morgan fingerprint density at radius 3 is 2.63 bits per heavy atom. The summed E-state index contributed by atoms with van der Waals surface area (Å²) in [7, 11) is 0. The lowest BCUT2D eigenvalue weighted by atomic mass is 10.1. The van der Waals surface area contributed by atoms with E-state index in [1.54, 1.807) is 0 Å². The molecule has 0 aliphatic heterocycles. The number of carboxylic acid groups (broad SMARTS) is 1. The van der Waals surface area contributed by atoms with Crippen molar-refractivity contribution in [1.29, 1.82) is 0 Å². The molecule has 0 aliphatic carbocycles. The number of aliphatic carboxylic acids is 1. The molecule has 0 atom stereocenters. The van der Waals surface area contributed by atoms with E-state index in [0.717, 1.165) is 6.08 Å². The number of hydrogen-bond donors (Lipinski definition) is 2. The molecule has 0 amide bonds. The van der Waals surface area contributed by atoms with Crippen LogP contribution < -0.4 is 9.47 Å². The van der Waals surface area contributed by atoms with Crippen LogP contribution in [0.1, 0.15) is 11.1 Å². The average Bonchev–Trinajstić information content (AvgIpc) is 2.59. The minimum absolute atomic E-state index is 0.00301. The van der Waals surface area contributed by atoms with Crippen molar-refractivity contribution in [3.63, 3.8) is 0 Å². The Labute approximate surface area is 156 Å². The molecule has 1 heterocycles. The van der Waals surface area contributed by atoms with Crippen molar-refractivity contribution < 1.29 is 37.7 Å². The molecule has 144 valence electrons. The number of aliphatic hydroxyl groups is 1. The molecule has 0 aliphatic rings. The Hall–Kier alpha value is -2.78. The van der Waals surface area contributed by atoms with Crippen molar-refractivity contribution in [1.82, 2.24) is 4.98 Å². The third kappa shape index (κ3) is 5.87. The standard InChI is InChI=1S/C17H13ClF3NO5/c18-13-7-11(17(19,20)21)9-22-16(13)27-14-8-12(26-6-5-23)3-1-10(14)2-4-15(24)25/h1-4,7-9,23H,5-6H2,(H,24,25)/b4-2+. The van der Waals surface area contributed by atoms with Gasteiger partial charge in [-0.1, -0.05) is 11.6 Å². The molecule has 27 heavy (non-hydrogen) atoms. The molecule has 2 aromatic rings. The number of benzene rings is 1. The monoisotopic (exact) mass is 403 g/mol. The van der Waals surface area contributed by atoms with E-state index in [9.17, 15) is 18.0 Å². The fourth-order valence-corrected chi connectivity index (χ4v) is 2.12. The molecule has 1 aromatic carbocycles. The van der Waals surface area contributed by atoms with E-state index in [2.05, 4.69) is 4.98 Å². The van der Waals surface area contributed by atoms with Crippen LogP contribution in [0.5, 0.6) is 17.4 Å². The van der Waals surface area contributed by atoms with Gasteiger partial charge in [0.2, 0.25) is 5.88 Å². The first-order valence-electron chi connectivity index (χ1n) is 7.40. The molecule has 0 bridgehead atoms. The zero-order valence-electron chi connectivity index (χ0n) is 13.5. The summed E-state index contributed by atoms with van der Waals surface area (Å²) in [5, 5.41) is 17.2. The van der Waals surface area contributed by atoms with Crippen LogP contribution in [0, 0.1) is 0 Å². The lowest BCUT2D eigenvalue weighted by Crippen LogP contribution is -2.06. The molecule has 10 heteroatoms. The summed E-state index contributed by atoms with van der Waals surface area (Å²) in [5.41, 5.74) is -0.739. The molecule has 6 nitrogen and oxygen atoms in total. The lowest BCUT2D eigenvalue weighted by Gasteiger charge is -2.13. The summed E-state index contributed by atoms with van der Waals surface area (Å²) in [6.45, 7) is -0.230. The summed E-state index contributed by atoms with van der Waals surface area (Å²) in [6, 6.07) is 5.01. The Morgan fingerprint density at radius 1 is 1.30 bits per heavy atom. The first-order valence-corrected chi connectivity index (χ1v) is 7.78. The van der Waals surface area contributed by atoms with Crippen LogP contribution in [0.3, 0.4) is 0 Å². The molecule has 0 saturated carbocycles. The number of carboxylic acids is 1. The number of carbonyl (C=O) groups is 1. The number of ether oxygens (including phenoxy) is 2. The number of halogens is 4. The van der Waals surface area contributed by atoms with E-state index < -0.39 is 17.7 Å². The topological polar surface area (TPSA) is 88.9 Å². The highest BCUT2D eigenvalue weighted by molar-refractivity contribution is 6.31. The SMILES string of the molecule is O=C(O)/C=C/c1ccc(OCCO)cc1Oc1ncc(C(F)(F)F)cc1Cl. The van der Waals surface area contributed by atoms with Gasteiger partial charge in [-0.15, -0.1) is 0 Å². The quantitative estimate of drug-likeness (QED) is 0.679. The third-order valence-electron chi connectivity index (χ3n) is 3.09. The summed E-state index contributed by atoms with van der Waals surface area (Å²) in [6.07, 6.45) is -1.95. The van der Waals surface area contributed by atoms with Crippen LogP contribution in [-0.2, 0) is 11.0 Å². The highest BCUT2D eigenvalue weighted by Crippen LogP contribution is 2.36. The van der Waals surface area contributed by atoms with Crippen LogP contribution in [0.2, 0.25) is 5.02 Å². The predicted molar refractivity (Wildman–Crippen MR) is 90.0 cm³/mol. The van der Waals surface area contributed by atoms with Gasteiger partial charge in [-0.2, -0.15) is 13.2 Å². The van der Waals surface area contributed by atoms with Crippen LogP contribution in [0.4, 0.5) is 13.2 Å². The molecule has 0 radical (unpaired) electrons. The maximum absolute atomic E-state index is 12.7. The van der Waals surface area contributed by atoms with Crippen molar-refractivity contribution in [2.24, 2.45) is 0 Å². The number of aliphatic hydroxyl groups excluding tert-OH is 1. The van der Waals surface area contributed by atoms with Gasteiger partial charge in [0.05, 0.1) is 12.2 Å². The summed E-state index contributed by atoms with van der Waals surface area (Å²) in [4.78, 5) is 14.3. The fourth-order valence-electron chi connectivity index (χ4n) is 1.91. The highest BCUT2D eigenvalue weighted by atomic mass is 35.5. The Kier molecular flexibility index (Phi) is 6.65. The second-order valence-corrected chi connectivity index (χ2v) is 5.46. The van der Waals surface area contributed by atoms with E-state index in [0.29, 0.717) is 17.8 Å². The van der Waals surface area contributed by atoms with Crippen molar-refractivity contribution >= 4 is 23.6 Å². The van der Waals surface area contributed by atoms with Gasteiger partial charge >= 0.3 is 12.1 Å². The van der Waals surface area contributed by atoms with Gasteiger partial charge in [0.25, 0.3) is 0 Å².